The maximum atomic E-state index is 12.6. The molecule has 0 aliphatic heterocycles. The summed E-state index contributed by atoms with van der Waals surface area (Å²) in [7, 11) is 0. The maximum Gasteiger partial charge on any atom is 0.259 e. The third-order valence-corrected chi connectivity index (χ3v) is 3.30. The Balaban J connectivity index is 2.11. The van der Waals surface area contributed by atoms with Gasteiger partial charge in [0.2, 0.25) is 0 Å². The van der Waals surface area contributed by atoms with Crippen LogP contribution in [0.4, 0.5) is 8.78 Å². The number of nitrogens with two attached hydrogens (primary N) is 1. The fourth-order valence-corrected chi connectivity index (χ4v) is 2.03. The summed E-state index contributed by atoms with van der Waals surface area (Å²) in [6.45, 7) is 0. The van der Waals surface area contributed by atoms with Gasteiger partial charge in [-0.3, -0.25) is 5.84 Å². The van der Waals surface area contributed by atoms with Crippen LogP contribution in [-0.4, -0.2) is 6.43 Å². The third-order valence-electron chi connectivity index (χ3n) is 3.30. The zero-order valence-electron chi connectivity index (χ0n) is 9.00. The zero-order valence-corrected chi connectivity index (χ0v) is 9.00. The van der Waals surface area contributed by atoms with E-state index in [9.17, 15) is 8.78 Å². The standard InChI is InChI=1S/C12H16F2N2/c13-12(14)11(16-15)10-6-4-9(5-7-10)8-2-1-3-8/h4-8,11-12,16H,1-3,15H2. The summed E-state index contributed by atoms with van der Waals surface area (Å²) < 4.78 is 25.2. The molecule has 1 aliphatic rings. The van der Waals surface area contributed by atoms with Gasteiger partial charge in [-0.05, 0) is 29.9 Å². The first-order chi connectivity index (χ1) is 7.72. The summed E-state index contributed by atoms with van der Waals surface area (Å²) in [5.41, 5.74) is 3.94. The second-order valence-corrected chi connectivity index (χ2v) is 4.27. The van der Waals surface area contributed by atoms with Crippen molar-refractivity contribution < 1.29 is 8.78 Å². The molecule has 1 unspecified atom stereocenters. The molecule has 0 heterocycles. The summed E-state index contributed by atoms with van der Waals surface area (Å²) >= 11 is 0. The van der Waals surface area contributed by atoms with Crippen LogP contribution >= 0.6 is 0 Å². The molecule has 16 heavy (non-hydrogen) atoms. The largest absolute Gasteiger partial charge is 0.271 e. The van der Waals surface area contributed by atoms with E-state index in [2.05, 4.69) is 5.43 Å². The van der Waals surface area contributed by atoms with Gasteiger partial charge in [-0.15, -0.1) is 0 Å². The van der Waals surface area contributed by atoms with Crippen molar-refractivity contribution in [3.63, 3.8) is 0 Å². The number of hydrazine groups is 1. The van der Waals surface area contributed by atoms with Crippen molar-refractivity contribution >= 4 is 0 Å². The monoisotopic (exact) mass is 226 g/mol. The first-order valence-corrected chi connectivity index (χ1v) is 5.56. The molecule has 0 amide bonds. The molecule has 1 aliphatic carbocycles. The lowest BCUT2D eigenvalue weighted by Crippen LogP contribution is -2.32. The molecule has 1 fully saturated rings. The van der Waals surface area contributed by atoms with Crippen molar-refractivity contribution in [2.75, 3.05) is 0 Å². The van der Waals surface area contributed by atoms with Crippen LogP contribution < -0.4 is 11.3 Å². The number of alkyl halides is 2. The molecular formula is C12H16F2N2. The molecule has 4 heteroatoms. The van der Waals surface area contributed by atoms with Crippen LogP contribution in [-0.2, 0) is 0 Å². The molecule has 2 rings (SSSR count). The van der Waals surface area contributed by atoms with Crippen molar-refractivity contribution in [3.05, 3.63) is 35.4 Å². The Kier molecular flexibility index (Phi) is 3.51. The number of nitrogens with one attached hydrogen (secondary N) is 1. The van der Waals surface area contributed by atoms with Gasteiger partial charge in [-0.25, -0.2) is 14.2 Å². The predicted octanol–water partition coefficient (Wildman–Crippen LogP) is 2.72. The second-order valence-electron chi connectivity index (χ2n) is 4.27. The molecule has 0 saturated heterocycles. The number of hydrogen-bond donors (Lipinski definition) is 2. The van der Waals surface area contributed by atoms with Gasteiger partial charge in [0.25, 0.3) is 6.43 Å². The van der Waals surface area contributed by atoms with Crippen molar-refractivity contribution in [3.8, 4) is 0 Å². The average Bonchev–Trinajstić information content (AvgIpc) is 2.18. The predicted molar refractivity (Wildman–Crippen MR) is 59.1 cm³/mol. The number of hydrogen-bond acceptors (Lipinski definition) is 2. The quantitative estimate of drug-likeness (QED) is 0.612. The Morgan fingerprint density at radius 3 is 2.19 bits per heavy atom. The van der Waals surface area contributed by atoms with Crippen LogP contribution in [0, 0.1) is 0 Å². The van der Waals surface area contributed by atoms with Crippen molar-refractivity contribution in [2.45, 2.75) is 37.6 Å². The van der Waals surface area contributed by atoms with Crippen LogP contribution in [0.3, 0.4) is 0 Å². The molecule has 0 aromatic heterocycles. The average molecular weight is 226 g/mol. The highest BCUT2D eigenvalue weighted by Crippen LogP contribution is 2.36. The molecule has 3 N–H and O–H groups in total. The SMILES string of the molecule is NNC(c1ccc(C2CCC2)cc1)C(F)F. The Hall–Kier alpha value is -1.00. The van der Waals surface area contributed by atoms with E-state index in [1.165, 1.54) is 24.8 Å². The van der Waals surface area contributed by atoms with E-state index in [0.717, 1.165) is 0 Å². The molecule has 1 saturated carbocycles. The van der Waals surface area contributed by atoms with E-state index in [1.807, 2.05) is 12.1 Å². The van der Waals surface area contributed by atoms with Crippen molar-refractivity contribution in [2.24, 2.45) is 5.84 Å². The summed E-state index contributed by atoms with van der Waals surface area (Å²) in [6, 6.07) is 6.28. The number of halogens is 2. The van der Waals surface area contributed by atoms with Crippen LogP contribution in [0.25, 0.3) is 0 Å². The topological polar surface area (TPSA) is 38.0 Å². The minimum Gasteiger partial charge on any atom is -0.271 e. The van der Waals surface area contributed by atoms with Crippen LogP contribution in [0.2, 0.25) is 0 Å². The first-order valence-electron chi connectivity index (χ1n) is 5.56. The molecule has 0 radical (unpaired) electrons. The van der Waals surface area contributed by atoms with Gasteiger partial charge >= 0.3 is 0 Å². The summed E-state index contributed by atoms with van der Waals surface area (Å²) in [4.78, 5) is 0. The van der Waals surface area contributed by atoms with Gasteiger partial charge in [0.15, 0.2) is 0 Å². The van der Waals surface area contributed by atoms with Crippen molar-refractivity contribution in [1.82, 2.24) is 5.43 Å². The highest BCUT2D eigenvalue weighted by molar-refractivity contribution is 5.28. The van der Waals surface area contributed by atoms with Gasteiger partial charge in [-0.1, -0.05) is 30.7 Å². The lowest BCUT2D eigenvalue weighted by Gasteiger charge is -2.26. The molecule has 0 spiro atoms. The minimum atomic E-state index is -2.49. The normalized spacial score (nSPS) is 18.5. The second kappa shape index (κ2) is 4.89. The Morgan fingerprint density at radius 2 is 1.81 bits per heavy atom. The summed E-state index contributed by atoms with van der Waals surface area (Å²) in [5.74, 6) is 5.74. The van der Waals surface area contributed by atoms with Crippen LogP contribution in [0.5, 0.6) is 0 Å². The van der Waals surface area contributed by atoms with Crippen LogP contribution in [0.1, 0.15) is 42.3 Å². The first kappa shape index (κ1) is 11.5. The summed E-state index contributed by atoms with van der Waals surface area (Å²) in [5, 5.41) is 0. The minimum absolute atomic E-state index is 0.542. The third kappa shape index (κ3) is 2.23. The van der Waals surface area contributed by atoms with E-state index < -0.39 is 12.5 Å². The maximum absolute atomic E-state index is 12.6. The smallest absolute Gasteiger partial charge is 0.259 e. The van der Waals surface area contributed by atoms with Crippen molar-refractivity contribution in [1.29, 1.82) is 0 Å². The molecule has 88 valence electrons. The Bertz CT molecular complexity index is 333. The van der Waals surface area contributed by atoms with E-state index in [-0.39, 0.29) is 0 Å². The number of benzene rings is 1. The lowest BCUT2D eigenvalue weighted by atomic mass is 9.80. The lowest BCUT2D eigenvalue weighted by molar-refractivity contribution is 0.0986. The van der Waals surface area contributed by atoms with E-state index >= 15 is 0 Å². The van der Waals surface area contributed by atoms with Gasteiger partial charge in [0.1, 0.15) is 6.04 Å². The fourth-order valence-electron chi connectivity index (χ4n) is 2.03. The fraction of sp³-hybridized carbons (Fsp3) is 0.500. The molecule has 0 bridgehead atoms. The molecule has 1 atom stereocenters. The van der Waals surface area contributed by atoms with Crippen LogP contribution in [0.15, 0.2) is 24.3 Å². The Labute approximate surface area is 93.8 Å². The molecule has 1 aromatic rings. The highest BCUT2D eigenvalue weighted by atomic mass is 19.3. The molecule has 2 nitrogen and oxygen atoms in total. The van der Waals surface area contributed by atoms with Gasteiger partial charge in [0, 0.05) is 0 Å². The van der Waals surface area contributed by atoms with E-state index in [1.54, 1.807) is 12.1 Å². The van der Waals surface area contributed by atoms with E-state index in [4.69, 9.17) is 5.84 Å². The van der Waals surface area contributed by atoms with Gasteiger partial charge < -0.3 is 0 Å². The van der Waals surface area contributed by atoms with E-state index in [0.29, 0.717) is 11.5 Å². The van der Waals surface area contributed by atoms with Gasteiger partial charge in [-0.2, -0.15) is 0 Å². The molecular weight excluding hydrogens is 210 g/mol. The summed E-state index contributed by atoms with van der Waals surface area (Å²) in [6.07, 6.45) is 1.22. The zero-order chi connectivity index (χ0) is 11.5. The Morgan fingerprint density at radius 1 is 1.19 bits per heavy atom. The highest BCUT2D eigenvalue weighted by Gasteiger charge is 2.22. The number of rotatable bonds is 4. The van der Waals surface area contributed by atoms with Gasteiger partial charge in [0.05, 0.1) is 0 Å². The molecule has 1 aromatic carbocycles.